The minimum atomic E-state index is -0.0187. The van der Waals surface area contributed by atoms with Gasteiger partial charge in [0.25, 0.3) is 0 Å². The molecule has 0 bridgehead atoms. The SMILES string of the molecule is Cc1c(O)ccc2c1OCC(N)C2N1CCN(C)CC1. The third-order valence-electron chi connectivity index (χ3n) is 4.48. The fourth-order valence-corrected chi connectivity index (χ4v) is 3.20. The van der Waals surface area contributed by atoms with Crippen LogP contribution >= 0.6 is 0 Å². The minimum Gasteiger partial charge on any atom is -0.508 e. The lowest BCUT2D eigenvalue weighted by Gasteiger charge is -2.43. The number of likely N-dealkylation sites (N-methyl/N-ethyl adjacent to an activating group) is 1. The summed E-state index contributed by atoms with van der Waals surface area (Å²) in [6.45, 7) is 6.58. The lowest BCUT2D eigenvalue weighted by molar-refractivity contribution is 0.0720. The summed E-state index contributed by atoms with van der Waals surface area (Å²) in [5.74, 6) is 1.10. The highest BCUT2D eigenvalue weighted by Gasteiger charge is 2.35. The van der Waals surface area contributed by atoms with Gasteiger partial charge in [0.05, 0.1) is 12.1 Å². The number of fused-ring (bicyclic) bond motifs is 1. The van der Waals surface area contributed by atoms with Crippen molar-refractivity contribution in [3.8, 4) is 11.5 Å². The molecule has 0 saturated carbocycles. The number of piperazine rings is 1. The van der Waals surface area contributed by atoms with E-state index < -0.39 is 0 Å². The number of nitrogens with zero attached hydrogens (tertiary/aromatic N) is 2. The van der Waals surface area contributed by atoms with E-state index in [1.807, 2.05) is 13.0 Å². The molecule has 2 unspecified atom stereocenters. The molecule has 5 nitrogen and oxygen atoms in total. The van der Waals surface area contributed by atoms with Crippen molar-refractivity contribution in [2.45, 2.75) is 19.0 Å². The molecule has 0 spiro atoms. The number of hydrogen-bond donors (Lipinski definition) is 2. The summed E-state index contributed by atoms with van der Waals surface area (Å²) < 4.78 is 5.77. The van der Waals surface area contributed by atoms with Gasteiger partial charge in [-0.3, -0.25) is 4.90 Å². The summed E-state index contributed by atoms with van der Waals surface area (Å²) in [6.07, 6.45) is 0. The molecular weight excluding hydrogens is 254 g/mol. The van der Waals surface area contributed by atoms with Gasteiger partial charge in [-0.15, -0.1) is 0 Å². The molecule has 1 aromatic carbocycles. The second kappa shape index (κ2) is 5.24. The van der Waals surface area contributed by atoms with E-state index >= 15 is 0 Å². The lowest BCUT2D eigenvalue weighted by Crippen LogP contribution is -2.53. The van der Waals surface area contributed by atoms with E-state index in [0.29, 0.717) is 6.61 Å². The maximum Gasteiger partial charge on any atom is 0.130 e. The number of phenols is 1. The summed E-state index contributed by atoms with van der Waals surface area (Å²) in [7, 11) is 2.15. The van der Waals surface area contributed by atoms with Crippen LogP contribution in [0.1, 0.15) is 17.2 Å². The maximum absolute atomic E-state index is 9.84. The molecule has 3 N–H and O–H groups in total. The Morgan fingerprint density at radius 3 is 2.65 bits per heavy atom. The molecule has 20 heavy (non-hydrogen) atoms. The van der Waals surface area contributed by atoms with Gasteiger partial charge in [-0.25, -0.2) is 0 Å². The first kappa shape index (κ1) is 13.7. The summed E-state index contributed by atoms with van der Waals surface area (Å²) >= 11 is 0. The highest BCUT2D eigenvalue weighted by molar-refractivity contribution is 5.51. The number of phenolic OH excluding ortho intramolecular Hbond substituents is 1. The van der Waals surface area contributed by atoms with E-state index in [9.17, 15) is 5.11 Å². The van der Waals surface area contributed by atoms with Crippen molar-refractivity contribution in [2.75, 3.05) is 39.8 Å². The average molecular weight is 277 g/mol. The first-order valence-corrected chi connectivity index (χ1v) is 7.21. The zero-order valence-electron chi connectivity index (χ0n) is 12.2. The van der Waals surface area contributed by atoms with Gasteiger partial charge in [0, 0.05) is 37.3 Å². The quantitative estimate of drug-likeness (QED) is 0.791. The van der Waals surface area contributed by atoms with Crippen molar-refractivity contribution in [3.63, 3.8) is 0 Å². The van der Waals surface area contributed by atoms with Gasteiger partial charge in [0.15, 0.2) is 0 Å². The average Bonchev–Trinajstić information content (AvgIpc) is 2.44. The monoisotopic (exact) mass is 277 g/mol. The van der Waals surface area contributed by atoms with Crippen molar-refractivity contribution in [1.82, 2.24) is 9.80 Å². The highest BCUT2D eigenvalue weighted by Crippen LogP contribution is 2.40. The van der Waals surface area contributed by atoms with Crippen molar-refractivity contribution >= 4 is 0 Å². The number of nitrogens with two attached hydrogens (primary N) is 1. The zero-order chi connectivity index (χ0) is 14.3. The van der Waals surface area contributed by atoms with Crippen molar-refractivity contribution in [3.05, 3.63) is 23.3 Å². The van der Waals surface area contributed by atoms with Gasteiger partial charge in [0.1, 0.15) is 18.1 Å². The van der Waals surface area contributed by atoms with E-state index in [0.717, 1.165) is 43.1 Å². The Balaban J connectivity index is 1.94. The molecule has 0 aliphatic carbocycles. The predicted molar refractivity (Wildman–Crippen MR) is 78.1 cm³/mol. The van der Waals surface area contributed by atoms with Crippen LogP contribution in [0.15, 0.2) is 12.1 Å². The van der Waals surface area contributed by atoms with Crippen LogP contribution < -0.4 is 10.5 Å². The summed E-state index contributed by atoms with van der Waals surface area (Å²) in [6, 6.07) is 3.87. The summed E-state index contributed by atoms with van der Waals surface area (Å²) in [5.41, 5.74) is 8.23. The molecule has 1 fully saturated rings. The number of rotatable bonds is 1. The largest absolute Gasteiger partial charge is 0.508 e. The van der Waals surface area contributed by atoms with Gasteiger partial charge in [-0.1, -0.05) is 0 Å². The van der Waals surface area contributed by atoms with Crippen LogP contribution in [0.4, 0.5) is 0 Å². The van der Waals surface area contributed by atoms with E-state index in [1.54, 1.807) is 6.07 Å². The summed E-state index contributed by atoms with van der Waals surface area (Å²) in [4.78, 5) is 4.78. The van der Waals surface area contributed by atoms with Gasteiger partial charge in [0.2, 0.25) is 0 Å². The second-order valence-corrected chi connectivity index (χ2v) is 5.89. The molecule has 0 aromatic heterocycles. The number of aromatic hydroxyl groups is 1. The molecule has 0 amide bonds. The van der Waals surface area contributed by atoms with Gasteiger partial charge >= 0.3 is 0 Å². The van der Waals surface area contributed by atoms with Crippen molar-refractivity contribution in [2.24, 2.45) is 5.73 Å². The first-order valence-electron chi connectivity index (χ1n) is 7.21. The Kier molecular flexibility index (Phi) is 3.58. The minimum absolute atomic E-state index is 0.0187. The van der Waals surface area contributed by atoms with Crippen LogP contribution in [0, 0.1) is 6.92 Å². The molecule has 2 aliphatic heterocycles. The molecular formula is C15H23N3O2. The lowest BCUT2D eigenvalue weighted by atomic mass is 9.92. The third kappa shape index (κ3) is 2.26. The molecule has 1 aromatic rings. The maximum atomic E-state index is 9.84. The van der Waals surface area contributed by atoms with Gasteiger partial charge < -0.3 is 20.5 Å². The molecule has 0 radical (unpaired) electrons. The Morgan fingerprint density at radius 1 is 1.25 bits per heavy atom. The summed E-state index contributed by atoms with van der Waals surface area (Å²) in [5, 5.41) is 9.84. The van der Waals surface area contributed by atoms with Crippen LogP contribution in [-0.2, 0) is 0 Å². The van der Waals surface area contributed by atoms with Crippen LogP contribution in [-0.4, -0.2) is 60.8 Å². The van der Waals surface area contributed by atoms with E-state index in [1.165, 1.54) is 0 Å². The number of hydrogen-bond acceptors (Lipinski definition) is 5. The normalized spacial score (nSPS) is 27.9. The van der Waals surface area contributed by atoms with Crippen molar-refractivity contribution < 1.29 is 9.84 Å². The molecule has 3 rings (SSSR count). The molecule has 1 saturated heterocycles. The first-order chi connectivity index (χ1) is 9.58. The Labute approximate surface area is 119 Å². The second-order valence-electron chi connectivity index (χ2n) is 5.89. The zero-order valence-corrected chi connectivity index (χ0v) is 12.2. The molecule has 110 valence electrons. The van der Waals surface area contributed by atoms with Gasteiger partial charge in [-0.2, -0.15) is 0 Å². The van der Waals surface area contributed by atoms with E-state index in [-0.39, 0.29) is 17.8 Å². The fraction of sp³-hybridized carbons (Fsp3) is 0.600. The fourth-order valence-electron chi connectivity index (χ4n) is 3.20. The van der Waals surface area contributed by atoms with Gasteiger partial charge in [-0.05, 0) is 26.1 Å². The highest BCUT2D eigenvalue weighted by atomic mass is 16.5. The topological polar surface area (TPSA) is 62.0 Å². The Bertz CT molecular complexity index is 498. The van der Waals surface area contributed by atoms with E-state index in [4.69, 9.17) is 10.5 Å². The van der Waals surface area contributed by atoms with Crippen LogP contribution in [0.5, 0.6) is 11.5 Å². The van der Waals surface area contributed by atoms with Crippen LogP contribution in [0.3, 0.4) is 0 Å². The van der Waals surface area contributed by atoms with Crippen LogP contribution in [0.25, 0.3) is 0 Å². The molecule has 5 heteroatoms. The smallest absolute Gasteiger partial charge is 0.130 e. The number of benzene rings is 1. The Morgan fingerprint density at radius 2 is 1.95 bits per heavy atom. The van der Waals surface area contributed by atoms with Crippen molar-refractivity contribution in [1.29, 1.82) is 0 Å². The molecule has 2 atom stereocenters. The predicted octanol–water partition coefficient (Wildman–Crippen LogP) is 0.709. The molecule has 2 aliphatic rings. The molecule has 2 heterocycles. The van der Waals surface area contributed by atoms with E-state index in [2.05, 4.69) is 16.8 Å². The standard InChI is InChI=1S/C15H23N3O2/c1-10-13(19)4-3-11-14(12(16)9-20-15(10)11)18-7-5-17(2)6-8-18/h3-4,12,14,19H,5-9,16H2,1-2H3. The Hall–Kier alpha value is -1.30. The number of ether oxygens (including phenoxy) is 1. The van der Waals surface area contributed by atoms with Crippen LogP contribution in [0.2, 0.25) is 0 Å². The third-order valence-corrected chi connectivity index (χ3v) is 4.48.